The molecule has 2 rings (SSSR count). The Hall–Kier alpha value is -1.69. The third kappa shape index (κ3) is 2.84. The third-order valence-electron chi connectivity index (χ3n) is 3.06. The van der Waals surface area contributed by atoms with Gasteiger partial charge in [-0.3, -0.25) is 0 Å². The second-order valence-electron chi connectivity index (χ2n) is 4.54. The van der Waals surface area contributed by atoms with Gasteiger partial charge in [-0.05, 0) is 20.8 Å². The van der Waals surface area contributed by atoms with Crippen LogP contribution in [0.3, 0.4) is 0 Å². The minimum atomic E-state index is 0.776. The van der Waals surface area contributed by atoms with Gasteiger partial charge in [-0.2, -0.15) is 0 Å². The summed E-state index contributed by atoms with van der Waals surface area (Å²) in [6.45, 7) is 6.81. The van der Waals surface area contributed by atoms with Crippen LogP contribution in [0.2, 0.25) is 0 Å². The van der Waals surface area contributed by atoms with Gasteiger partial charge in [0.1, 0.15) is 17.5 Å². The van der Waals surface area contributed by atoms with Crippen molar-refractivity contribution in [1.29, 1.82) is 0 Å². The molecular formula is C13H19N5S. The highest BCUT2D eigenvalue weighted by atomic mass is 32.1. The highest BCUT2D eigenvalue weighted by molar-refractivity contribution is 7.09. The summed E-state index contributed by atoms with van der Waals surface area (Å²) >= 11 is 1.68. The summed E-state index contributed by atoms with van der Waals surface area (Å²) in [7, 11) is 3.93. The van der Waals surface area contributed by atoms with Crippen molar-refractivity contribution in [3.05, 3.63) is 27.5 Å². The molecule has 0 aliphatic heterocycles. The number of nitrogens with zero attached hydrogens (tertiary/aromatic N) is 4. The summed E-state index contributed by atoms with van der Waals surface area (Å²) in [6.07, 6.45) is 0. The summed E-state index contributed by atoms with van der Waals surface area (Å²) in [5.41, 5.74) is 4.04. The topological polar surface area (TPSA) is 53.9 Å². The number of hydrogen-bond acceptors (Lipinski definition) is 6. The monoisotopic (exact) mass is 277 g/mol. The summed E-state index contributed by atoms with van der Waals surface area (Å²) < 4.78 is 0. The van der Waals surface area contributed by atoms with Crippen molar-refractivity contribution in [3.63, 3.8) is 0 Å². The number of thiazole rings is 1. The van der Waals surface area contributed by atoms with Gasteiger partial charge >= 0.3 is 0 Å². The van der Waals surface area contributed by atoms with Crippen molar-refractivity contribution in [2.75, 3.05) is 24.3 Å². The molecule has 0 bridgehead atoms. The fourth-order valence-electron chi connectivity index (χ4n) is 2.00. The molecule has 0 aliphatic rings. The first-order valence-electron chi connectivity index (χ1n) is 6.16. The van der Waals surface area contributed by atoms with Gasteiger partial charge in [0, 0.05) is 24.5 Å². The van der Waals surface area contributed by atoms with Crippen molar-refractivity contribution in [1.82, 2.24) is 15.0 Å². The summed E-state index contributed by atoms with van der Waals surface area (Å²) in [5, 5.41) is 3.11. The van der Waals surface area contributed by atoms with Crippen LogP contribution >= 0.6 is 11.3 Å². The van der Waals surface area contributed by atoms with Crippen LogP contribution in [-0.2, 0) is 6.54 Å². The lowest BCUT2D eigenvalue weighted by molar-refractivity contribution is 0.873. The molecule has 0 saturated carbocycles. The van der Waals surface area contributed by atoms with Gasteiger partial charge in [-0.25, -0.2) is 15.0 Å². The quantitative estimate of drug-likeness (QED) is 0.930. The van der Waals surface area contributed by atoms with Crippen LogP contribution < -0.4 is 10.2 Å². The Balaban J connectivity index is 2.31. The van der Waals surface area contributed by atoms with Crippen LogP contribution in [0.15, 0.2) is 5.51 Å². The van der Waals surface area contributed by atoms with Gasteiger partial charge < -0.3 is 10.2 Å². The van der Waals surface area contributed by atoms with E-state index in [1.54, 1.807) is 11.3 Å². The second-order valence-corrected chi connectivity index (χ2v) is 5.47. The average molecular weight is 277 g/mol. The first kappa shape index (κ1) is 13.7. The molecular weight excluding hydrogens is 258 g/mol. The Morgan fingerprint density at radius 2 is 2.00 bits per heavy atom. The lowest BCUT2D eigenvalue weighted by Crippen LogP contribution is -2.20. The van der Waals surface area contributed by atoms with Crippen molar-refractivity contribution in [2.45, 2.75) is 27.3 Å². The van der Waals surface area contributed by atoms with E-state index in [1.165, 1.54) is 4.88 Å². The number of rotatable bonds is 4. The molecule has 6 heteroatoms. The van der Waals surface area contributed by atoms with Crippen molar-refractivity contribution in [2.24, 2.45) is 0 Å². The third-order valence-corrected chi connectivity index (χ3v) is 3.98. The van der Waals surface area contributed by atoms with E-state index < -0.39 is 0 Å². The number of anilines is 2. The summed E-state index contributed by atoms with van der Waals surface area (Å²) in [6, 6.07) is 0. The molecule has 0 atom stereocenters. The van der Waals surface area contributed by atoms with Gasteiger partial charge in [0.05, 0.1) is 17.7 Å². The normalized spacial score (nSPS) is 10.6. The molecule has 0 fully saturated rings. The zero-order valence-corrected chi connectivity index (χ0v) is 12.8. The Kier molecular flexibility index (Phi) is 3.99. The lowest BCUT2D eigenvalue weighted by Gasteiger charge is -2.21. The van der Waals surface area contributed by atoms with Crippen LogP contribution in [0.5, 0.6) is 0 Å². The van der Waals surface area contributed by atoms with Crippen LogP contribution in [0.4, 0.5) is 11.6 Å². The zero-order valence-electron chi connectivity index (χ0n) is 12.0. The molecule has 102 valence electrons. The molecule has 0 radical (unpaired) electrons. The average Bonchev–Trinajstić information content (AvgIpc) is 2.77. The maximum atomic E-state index is 4.55. The predicted octanol–water partition coefficient (Wildman–Crippen LogP) is 2.54. The highest BCUT2D eigenvalue weighted by Gasteiger charge is 2.14. The fraction of sp³-hybridized carbons (Fsp3) is 0.462. The van der Waals surface area contributed by atoms with E-state index in [4.69, 9.17) is 0 Å². The molecule has 0 spiro atoms. The Labute approximate surface area is 117 Å². The lowest BCUT2D eigenvalue weighted by atomic mass is 10.2. The van der Waals surface area contributed by atoms with E-state index in [9.17, 15) is 0 Å². The first-order valence-corrected chi connectivity index (χ1v) is 7.04. The van der Waals surface area contributed by atoms with E-state index in [0.717, 1.165) is 35.3 Å². The maximum Gasteiger partial charge on any atom is 0.137 e. The van der Waals surface area contributed by atoms with E-state index in [0.29, 0.717) is 0 Å². The van der Waals surface area contributed by atoms with Crippen LogP contribution in [0.25, 0.3) is 0 Å². The van der Waals surface area contributed by atoms with Crippen LogP contribution in [-0.4, -0.2) is 29.0 Å². The number of hydrogen-bond donors (Lipinski definition) is 1. The number of aryl methyl sites for hydroxylation is 2. The molecule has 0 aliphatic carbocycles. The standard InChI is InChI=1S/C13H19N5S/c1-8-12(14-4)16-10(3)17-13(8)18(5)6-11-9(2)15-7-19-11/h7H,6H2,1-5H3,(H,14,16,17). The van der Waals surface area contributed by atoms with Crippen molar-refractivity contribution < 1.29 is 0 Å². The first-order chi connectivity index (χ1) is 9.02. The van der Waals surface area contributed by atoms with Gasteiger partial charge in [-0.1, -0.05) is 0 Å². The van der Waals surface area contributed by atoms with Gasteiger partial charge in [0.25, 0.3) is 0 Å². The largest absolute Gasteiger partial charge is 0.373 e. The Morgan fingerprint density at radius 1 is 1.26 bits per heavy atom. The SMILES string of the molecule is CNc1nc(C)nc(N(C)Cc2scnc2C)c1C. The molecule has 2 aromatic heterocycles. The summed E-state index contributed by atoms with van der Waals surface area (Å²) in [4.78, 5) is 16.6. The van der Waals surface area contributed by atoms with Crippen molar-refractivity contribution >= 4 is 23.0 Å². The molecule has 2 heterocycles. The van der Waals surface area contributed by atoms with E-state index in [2.05, 4.69) is 25.2 Å². The zero-order chi connectivity index (χ0) is 14.0. The predicted molar refractivity (Wildman–Crippen MR) is 80.0 cm³/mol. The minimum Gasteiger partial charge on any atom is -0.373 e. The van der Waals surface area contributed by atoms with E-state index >= 15 is 0 Å². The molecule has 0 amide bonds. The molecule has 0 unspecified atom stereocenters. The molecule has 0 saturated heterocycles. The minimum absolute atomic E-state index is 0.776. The highest BCUT2D eigenvalue weighted by Crippen LogP contribution is 2.25. The molecule has 5 nitrogen and oxygen atoms in total. The summed E-state index contributed by atoms with van der Waals surface area (Å²) in [5.74, 6) is 2.62. The Bertz CT molecular complexity index is 578. The Morgan fingerprint density at radius 3 is 2.58 bits per heavy atom. The van der Waals surface area contributed by atoms with Crippen LogP contribution in [0.1, 0.15) is 22.0 Å². The number of aromatic nitrogens is 3. The van der Waals surface area contributed by atoms with E-state index in [-0.39, 0.29) is 0 Å². The smallest absolute Gasteiger partial charge is 0.137 e. The second kappa shape index (κ2) is 5.52. The maximum absolute atomic E-state index is 4.55. The van der Waals surface area contributed by atoms with Crippen LogP contribution in [0, 0.1) is 20.8 Å². The molecule has 2 aromatic rings. The number of nitrogens with one attached hydrogen (secondary N) is 1. The molecule has 1 N–H and O–H groups in total. The van der Waals surface area contributed by atoms with Gasteiger partial charge in [0.15, 0.2) is 0 Å². The van der Waals surface area contributed by atoms with Gasteiger partial charge in [-0.15, -0.1) is 11.3 Å². The molecule has 19 heavy (non-hydrogen) atoms. The van der Waals surface area contributed by atoms with Gasteiger partial charge in [0.2, 0.25) is 0 Å². The fourth-order valence-corrected chi connectivity index (χ4v) is 2.83. The van der Waals surface area contributed by atoms with E-state index in [1.807, 2.05) is 40.4 Å². The van der Waals surface area contributed by atoms with Crippen molar-refractivity contribution in [3.8, 4) is 0 Å². The molecule has 0 aromatic carbocycles.